The average Bonchev–Trinajstić information content (AvgIpc) is 3.33. The van der Waals surface area contributed by atoms with Crippen LogP contribution in [0.15, 0.2) is 42.5 Å². The van der Waals surface area contributed by atoms with E-state index in [2.05, 4.69) is 36.1 Å². The Morgan fingerprint density at radius 1 is 0.914 bits per heavy atom. The van der Waals surface area contributed by atoms with Gasteiger partial charge < -0.3 is 24.2 Å². The van der Waals surface area contributed by atoms with E-state index < -0.39 is 0 Å². The molecule has 0 aromatic heterocycles. The van der Waals surface area contributed by atoms with Gasteiger partial charge >= 0.3 is 0 Å². The number of piperazine rings is 1. The van der Waals surface area contributed by atoms with Crippen LogP contribution in [0.25, 0.3) is 0 Å². The molecule has 2 aromatic carbocycles. The van der Waals surface area contributed by atoms with E-state index in [4.69, 9.17) is 9.47 Å². The molecule has 0 bridgehead atoms. The number of hydrogen-bond donors (Lipinski definition) is 0. The van der Waals surface area contributed by atoms with Gasteiger partial charge in [-0.1, -0.05) is 32.0 Å². The molecule has 2 aliphatic rings. The molecule has 7 heteroatoms. The van der Waals surface area contributed by atoms with Gasteiger partial charge in [-0.05, 0) is 36.8 Å². The van der Waals surface area contributed by atoms with E-state index in [1.54, 1.807) is 14.2 Å². The van der Waals surface area contributed by atoms with Crippen LogP contribution in [0.3, 0.4) is 0 Å². The van der Waals surface area contributed by atoms with Gasteiger partial charge in [-0.2, -0.15) is 0 Å². The lowest BCUT2D eigenvalue weighted by Gasteiger charge is -2.38. The van der Waals surface area contributed by atoms with Crippen LogP contribution in [-0.4, -0.2) is 75.1 Å². The largest absolute Gasteiger partial charge is 0.497 e. The zero-order valence-corrected chi connectivity index (χ0v) is 21.5. The van der Waals surface area contributed by atoms with Crippen LogP contribution < -0.4 is 14.4 Å². The summed E-state index contributed by atoms with van der Waals surface area (Å²) in [6, 6.07) is 14.1. The minimum atomic E-state index is -0.316. The number of likely N-dealkylation sites (tertiary alicyclic amines) is 1. The number of benzene rings is 2. The van der Waals surface area contributed by atoms with Crippen LogP contribution in [0.2, 0.25) is 0 Å². The molecule has 4 rings (SSSR count). The number of methoxy groups -OCH3 is 2. The van der Waals surface area contributed by atoms with Gasteiger partial charge in [0.05, 0.1) is 20.1 Å². The number of carbonyl (C=O) groups is 2. The first-order chi connectivity index (χ1) is 16.8. The maximum atomic E-state index is 13.9. The molecular formula is C28H37N3O4. The lowest BCUT2D eigenvalue weighted by molar-refractivity contribution is -0.136. The molecule has 2 saturated heterocycles. The number of hydrogen-bond acceptors (Lipinski definition) is 5. The van der Waals surface area contributed by atoms with Gasteiger partial charge in [0.2, 0.25) is 11.8 Å². The normalized spacial score (nSPS) is 20.3. The summed E-state index contributed by atoms with van der Waals surface area (Å²) >= 11 is 0. The number of rotatable bonds is 6. The van der Waals surface area contributed by atoms with E-state index in [1.165, 1.54) is 11.3 Å². The number of aryl methyl sites for hydroxylation is 1. The summed E-state index contributed by atoms with van der Waals surface area (Å²) < 4.78 is 11.1. The van der Waals surface area contributed by atoms with E-state index in [0.29, 0.717) is 31.9 Å². The quantitative estimate of drug-likeness (QED) is 0.634. The topological polar surface area (TPSA) is 62.3 Å². The van der Waals surface area contributed by atoms with Crippen molar-refractivity contribution < 1.29 is 19.1 Å². The van der Waals surface area contributed by atoms with Crippen LogP contribution in [0, 0.1) is 18.8 Å². The molecule has 0 aliphatic carbocycles. The Hall–Kier alpha value is -3.22. The van der Waals surface area contributed by atoms with Crippen molar-refractivity contribution >= 4 is 17.5 Å². The molecule has 0 radical (unpaired) electrons. The standard InChI is InChI=1S/C28H37N3O4/c1-19(2)27(32)31-17-23(22-16-21(34-4)10-11-26(22)35-5)24(18-31)28(33)30-14-12-29(13-15-30)25-9-7-6-8-20(25)3/h6-11,16,19,23-24H,12-15,17-18H2,1-5H3/t23-,24+/m0/s1. The molecule has 0 unspecified atom stereocenters. The molecule has 2 fully saturated rings. The minimum Gasteiger partial charge on any atom is -0.497 e. The van der Waals surface area contributed by atoms with Crippen molar-refractivity contribution in [1.82, 2.24) is 9.80 Å². The lowest BCUT2D eigenvalue weighted by atomic mass is 9.87. The first-order valence-corrected chi connectivity index (χ1v) is 12.4. The highest BCUT2D eigenvalue weighted by molar-refractivity contribution is 5.84. The Morgan fingerprint density at radius 2 is 1.63 bits per heavy atom. The van der Waals surface area contributed by atoms with Gasteiger partial charge in [-0.15, -0.1) is 0 Å². The summed E-state index contributed by atoms with van der Waals surface area (Å²) in [6.45, 7) is 9.80. The number of anilines is 1. The maximum Gasteiger partial charge on any atom is 0.228 e. The highest BCUT2D eigenvalue weighted by Gasteiger charge is 2.44. The summed E-state index contributed by atoms with van der Waals surface area (Å²) in [5.74, 6) is 1.05. The molecule has 188 valence electrons. The van der Waals surface area contributed by atoms with E-state index in [9.17, 15) is 9.59 Å². The van der Waals surface area contributed by atoms with Crippen molar-refractivity contribution in [2.75, 3.05) is 58.4 Å². The van der Waals surface area contributed by atoms with Crippen LogP contribution in [0.5, 0.6) is 11.5 Å². The monoisotopic (exact) mass is 479 g/mol. The molecule has 0 saturated carbocycles. The average molecular weight is 480 g/mol. The Bertz CT molecular complexity index is 1060. The molecular weight excluding hydrogens is 442 g/mol. The van der Waals surface area contributed by atoms with Crippen LogP contribution in [0.4, 0.5) is 5.69 Å². The Balaban J connectivity index is 1.56. The summed E-state index contributed by atoms with van der Waals surface area (Å²) in [4.78, 5) is 33.0. The summed E-state index contributed by atoms with van der Waals surface area (Å²) in [5.41, 5.74) is 3.40. The predicted molar refractivity (Wildman–Crippen MR) is 137 cm³/mol. The van der Waals surface area contributed by atoms with Crippen molar-refractivity contribution in [1.29, 1.82) is 0 Å². The van der Waals surface area contributed by atoms with E-state index in [1.807, 2.05) is 41.8 Å². The fourth-order valence-corrected chi connectivity index (χ4v) is 5.36. The molecule has 2 atom stereocenters. The van der Waals surface area contributed by atoms with Crippen molar-refractivity contribution in [3.63, 3.8) is 0 Å². The minimum absolute atomic E-state index is 0.0801. The van der Waals surface area contributed by atoms with Gasteiger partial charge in [0, 0.05) is 62.4 Å². The molecule has 2 aliphatic heterocycles. The van der Waals surface area contributed by atoms with Gasteiger partial charge in [0.15, 0.2) is 0 Å². The maximum absolute atomic E-state index is 13.9. The van der Waals surface area contributed by atoms with E-state index >= 15 is 0 Å². The van der Waals surface area contributed by atoms with Crippen molar-refractivity contribution in [3.05, 3.63) is 53.6 Å². The van der Waals surface area contributed by atoms with Crippen molar-refractivity contribution in [2.45, 2.75) is 26.7 Å². The van der Waals surface area contributed by atoms with Gasteiger partial charge in [0.1, 0.15) is 11.5 Å². The molecule has 2 heterocycles. The van der Waals surface area contributed by atoms with Crippen LogP contribution in [0.1, 0.15) is 30.9 Å². The summed E-state index contributed by atoms with van der Waals surface area (Å²) in [5, 5.41) is 0. The van der Waals surface area contributed by atoms with Gasteiger partial charge in [-0.3, -0.25) is 9.59 Å². The van der Waals surface area contributed by atoms with E-state index in [-0.39, 0.29) is 29.6 Å². The summed E-state index contributed by atoms with van der Waals surface area (Å²) in [6.07, 6.45) is 0. The zero-order valence-electron chi connectivity index (χ0n) is 21.5. The Morgan fingerprint density at radius 3 is 2.26 bits per heavy atom. The predicted octanol–water partition coefficient (Wildman–Crippen LogP) is 3.56. The lowest BCUT2D eigenvalue weighted by Crippen LogP contribution is -2.51. The fraction of sp³-hybridized carbons (Fsp3) is 0.500. The fourth-order valence-electron chi connectivity index (χ4n) is 5.36. The van der Waals surface area contributed by atoms with Gasteiger partial charge in [-0.25, -0.2) is 0 Å². The number of amides is 2. The first kappa shape index (κ1) is 24.9. The summed E-state index contributed by atoms with van der Waals surface area (Å²) in [7, 11) is 3.27. The Labute approximate surface area is 208 Å². The zero-order chi connectivity index (χ0) is 25.1. The first-order valence-electron chi connectivity index (χ1n) is 12.4. The molecule has 2 aromatic rings. The molecule has 0 spiro atoms. The smallest absolute Gasteiger partial charge is 0.228 e. The van der Waals surface area contributed by atoms with Crippen molar-refractivity contribution in [2.24, 2.45) is 11.8 Å². The molecule has 2 amide bonds. The second-order valence-electron chi connectivity index (χ2n) is 9.82. The SMILES string of the molecule is COc1ccc(OC)c([C@@H]2CN(C(=O)C(C)C)C[C@H]2C(=O)N2CCN(c3ccccc3C)CC2)c1. The van der Waals surface area contributed by atoms with Crippen LogP contribution in [-0.2, 0) is 9.59 Å². The highest BCUT2D eigenvalue weighted by atomic mass is 16.5. The second kappa shape index (κ2) is 10.6. The molecule has 7 nitrogen and oxygen atoms in total. The number of ether oxygens (including phenoxy) is 2. The van der Waals surface area contributed by atoms with Crippen LogP contribution >= 0.6 is 0 Å². The second-order valence-corrected chi connectivity index (χ2v) is 9.82. The number of nitrogens with zero attached hydrogens (tertiary/aromatic N) is 3. The Kier molecular flexibility index (Phi) is 7.53. The third-order valence-corrected chi connectivity index (χ3v) is 7.33. The third-order valence-electron chi connectivity index (χ3n) is 7.33. The number of carbonyl (C=O) groups excluding carboxylic acids is 2. The van der Waals surface area contributed by atoms with E-state index in [0.717, 1.165) is 24.4 Å². The third kappa shape index (κ3) is 5.09. The molecule has 35 heavy (non-hydrogen) atoms. The highest BCUT2D eigenvalue weighted by Crippen LogP contribution is 2.40. The molecule has 0 N–H and O–H groups in total. The van der Waals surface area contributed by atoms with Crippen molar-refractivity contribution in [3.8, 4) is 11.5 Å². The number of para-hydroxylation sites is 1. The van der Waals surface area contributed by atoms with Gasteiger partial charge in [0.25, 0.3) is 0 Å².